The van der Waals surface area contributed by atoms with Crippen molar-refractivity contribution in [1.82, 2.24) is 0 Å². The first-order chi connectivity index (χ1) is 6.00. The molecule has 0 aliphatic heterocycles. The lowest BCUT2D eigenvalue weighted by molar-refractivity contribution is -0.307. The van der Waals surface area contributed by atoms with Gasteiger partial charge in [-0.3, -0.25) is 0 Å². The average Bonchev–Trinajstić information content (AvgIpc) is 2.33. The molecule has 0 spiro atoms. The van der Waals surface area contributed by atoms with E-state index in [1.807, 2.05) is 0 Å². The first kappa shape index (κ1) is 10.8. The van der Waals surface area contributed by atoms with Gasteiger partial charge in [-0.15, -0.1) is 0 Å². The van der Waals surface area contributed by atoms with E-state index in [-0.39, 0.29) is 17.8 Å². The Kier molecular flexibility index (Phi) is 3.17. The Morgan fingerprint density at radius 1 is 1.85 bits per heavy atom. The molecule has 3 heteroatoms. The van der Waals surface area contributed by atoms with E-state index >= 15 is 0 Å². The monoisotopic (exact) mass is 245 g/mol. The fourth-order valence-electron chi connectivity index (χ4n) is 1.97. The molecular weight excluding hydrogens is 232 g/mol. The zero-order chi connectivity index (χ0) is 10.1. The summed E-state index contributed by atoms with van der Waals surface area (Å²) in [5.74, 6) is -0.767. The minimum Gasteiger partial charge on any atom is -0.550 e. The average molecular weight is 246 g/mol. The van der Waals surface area contributed by atoms with E-state index in [4.69, 9.17) is 0 Å². The van der Waals surface area contributed by atoms with Crippen molar-refractivity contribution in [2.75, 3.05) is 5.33 Å². The molecule has 0 unspecified atom stereocenters. The molecule has 74 valence electrons. The van der Waals surface area contributed by atoms with Crippen LogP contribution < -0.4 is 5.11 Å². The zero-order valence-corrected chi connectivity index (χ0v) is 9.39. The number of hydrogen-bond acceptors (Lipinski definition) is 2. The molecule has 1 aliphatic rings. The smallest absolute Gasteiger partial charge is 0.0417 e. The van der Waals surface area contributed by atoms with Gasteiger partial charge in [0.25, 0.3) is 0 Å². The Morgan fingerprint density at radius 3 is 2.92 bits per heavy atom. The topological polar surface area (TPSA) is 40.1 Å². The summed E-state index contributed by atoms with van der Waals surface area (Å²) in [4.78, 5) is 10.5. The minimum atomic E-state index is -0.952. The molecule has 13 heavy (non-hydrogen) atoms. The van der Waals surface area contributed by atoms with Gasteiger partial charge >= 0.3 is 0 Å². The number of halogens is 1. The first-order valence-electron chi connectivity index (χ1n) is 4.44. The van der Waals surface area contributed by atoms with Crippen LogP contribution in [0, 0.1) is 11.3 Å². The molecule has 0 saturated heterocycles. The van der Waals surface area contributed by atoms with Crippen LogP contribution in [-0.4, -0.2) is 11.3 Å². The van der Waals surface area contributed by atoms with Crippen molar-refractivity contribution in [3.63, 3.8) is 0 Å². The number of hydrogen-bond donors (Lipinski definition) is 0. The molecule has 0 N–H and O–H groups in total. The lowest BCUT2D eigenvalue weighted by Crippen LogP contribution is -2.32. The SMILES string of the molecule is C=C1CC[C@@H](CC(=O)[O-])[C@@]1(C)CBr. The summed E-state index contributed by atoms with van der Waals surface area (Å²) in [6.07, 6.45) is 2.02. The quantitative estimate of drug-likeness (QED) is 0.559. The molecule has 0 aromatic heterocycles. The van der Waals surface area contributed by atoms with Crippen molar-refractivity contribution in [2.45, 2.75) is 26.2 Å². The summed E-state index contributed by atoms with van der Waals surface area (Å²) in [5.41, 5.74) is 1.11. The third-order valence-corrected chi connectivity index (χ3v) is 4.36. The van der Waals surface area contributed by atoms with Crippen LogP contribution in [0.3, 0.4) is 0 Å². The van der Waals surface area contributed by atoms with E-state index < -0.39 is 5.97 Å². The Bertz CT molecular complexity index is 237. The van der Waals surface area contributed by atoms with Gasteiger partial charge in [-0.25, -0.2) is 0 Å². The maximum Gasteiger partial charge on any atom is 0.0417 e. The van der Waals surface area contributed by atoms with Crippen molar-refractivity contribution < 1.29 is 9.90 Å². The molecule has 0 radical (unpaired) electrons. The lowest BCUT2D eigenvalue weighted by Gasteiger charge is -2.31. The van der Waals surface area contributed by atoms with Crippen molar-refractivity contribution >= 4 is 21.9 Å². The van der Waals surface area contributed by atoms with Gasteiger partial charge in [-0.1, -0.05) is 35.0 Å². The van der Waals surface area contributed by atoms with Crippen molar-refractivity contribution in [2.24, 2.45) is 11.3 Å². The molecule has 0 bridgehead atoms. The van der Waals surface area contributed by atoms with Crippen molar-refractivity contribution in [3.05, 3.63) is 12.2 Å². The van der Waals surface area contributed by atoms with Gasteiger partial charge in [0.05, 0.1) is 0 Å². The lowest BCUT2D eigenvalue weighted by atomic mass is 9.78. The highest BCUT2D eigenvalue weighted by atomic mass is 79.9. The molecule has 0 aromatic carbocycles. The Labute approximate surface area is 87.2 Å². The predicted molar refractivity (Wildman–Crippen MR) is 53.4 cm³/mol. The number of rotatable bonds is 3. The summed E-state index contributed by atoms with van der Waals surface area (Å²) in [7, 11) is 0. The van der Waals surface area contributed by atoms with Gasteiger partial charge in [0, 0.05) is 16.7 Å². The Balaban J connectivity index is 2.75. The number of carboxylic acid groups (broad SMARTS) is 1. The van der Waals surface area contributed by atoms with Gasteiger partial charge < -0.3 is 9.90 Å². The van der Waals surface area contributed by atoms with Gasteiger partial charge in [0.2, 0.25) is 0 Å². The number of carboxylic acids is 1. The summed E-state index contributed by atoms with van der Waals surface area (Å²) < 4.78 is 0. The van der Waals surface area contributed by atoms with Gasteiger partial charge in [-0.2, -0.15) is 0 Å². The Morgan fingerprint density at radius 2 is 2.46 bits per heavy atom. The van der Waals surface area contributed by atoms with Crippen molar-refractivity contribution in [1.29, 1.82) is 0 Å². The third kappa shape index (κ3) is 1.96. The van der Waals surface area contributed by atoms with E-state index in [2.05, 4.69) is 29.4 Å². The molecule has 0 heterocycles. The summed E-state index contributed by atoms with van der Waals surface area (Å²) in [6.45, 7) is 6.07. The second-order valence-electron chi connectivity index (χ2n) is 3.97. The van der Waals surface area contributed by atoms with Crippen molar-refractivity contribution in [3.8, 4) is 0 Å². The van der Waals surface area contributed by atoms with Crippen LogP contribution in [0.25, 0.3) is 0 Å². The molecule has 1 saturated carbocycles. The molecule has 2 atom stereocenters. The zero-order valence-electron chi connectivity index (χ0n) is 7.81. The number of alkyl halides is 1. The Hall–Kier alpha value is -0.310. The number of aliphatic carboxylic acids is 1. The molecule has 2 nitrogen and oxygen atoms in total. The van der Waals surface area contributed by atoms with Gasteiger partial charge in [-0.05, 0) is 25.2 Å². The number of allylic oxidation sites excluding steroid dienone is 1. The fraction of sp³-hybridized carbons (Fsp3) is 0.700. The number of carbonyl (C=O) groups is 1. The summed E-state index contributed by atoms with van der Waals surface area (Å²) in [5, 5.41) is 11.3. The van der Waals surface area contributed by atoms with E-state index in [1.165, 1.54) is 0 Å². The molecule has 0 aromatic rings. The minimum absolute atomic E-state index is 0.0555. The van der Waals surface area contributed by atoms with Crippen LogP contribution in [0.5, 0.6) is 0 Å². The van der Waals surface area contributed by atoms with Gasteiger partial charge in [0.15, 0.2) is 0 Å². The van der Waals surface area contributed by atoms with Crippen LogP contribution in [0.15, 0.2) is 12.2 Å². The standard InChI is InChI=1S/C10H15BrO2/c1-7-3-4-8(5-9(12)13)10(7,2)6-11/h8H,1,3-6H2,2H3,(H,12,13)/p-1/t8-,10-/m0/s1. The third-order valence-electron chi connectivity index (χ3n) is 3.19. The predicted octanol–water partition coefficient (Wildman–Crippen LogP) is 1.49. The normalized spacial score (nSPS) is 33.7. The van der Waals surface area contributed by atoms with E-state index in [1.54, 1.807) is 0 Å². The van der Waals surface area contributed by atoms with Gasteiger partial charge in [0.1, 0.15) is 0 Å². The fourth-order valence-corrected chi connectivity index (χ4v) is 2.83. The van der Waals surface area contributed by atoms with E-state index in [0.717, 1.165) is 23.7 Å². The maximum absolute atomic E-state index is 10.5. The molecule has 0 amide bonds. The van der Waals surface area contributed by atoms with E-state index in [0.29, 0.717) is 0 Å². The van der Waals surface area contributed by atoms with Crippen LogP contribution in [-0.2, 0) is 4.79 Å². The first-order valence-corrected chi connectivity index (χ1v) is 5.57. The second-order valence-corrected chi connectivity index (χ2v) is 4.53. The molecule has 1 aliphatic carbocycles. The molecule has 1 rings (SSSR count). The summed E-state index contributed by atoms with van der Waals surface area (Å²) in [6, 6.07) is 0. The van der Waals surface area contributed by atoms with Crippen LogP contribution in [0.2, 0.25) is 0 Å². The summed E-state index contributed by atoms with van der Waals surface area (Å²) >= 11 is 3.43. The highest BCUT2D eigenvalue weighted by molar-refractivity contribution is 9.09. The highest BCUT2D eigenvalue weighted by Gasteiger charge is 2.40. The highest BCUT2D eigenvalue weighted by Crippen LogP contribution is 2.48. The number of carbonyl (C=O) groups excluding carboxylic acids is 1. The van der Waals surface area contributed by atoms with E-state index in [9.17, 15) is 9.90 Å². The molecule has 1 fully saturated rings. The van der Waals surface area contributed by atoms with Crippen LogP contribution in [0.1, 0.15) is 26.2 Å². The maximum atomic E-state index is 10.5. The second kappa shape index (κ2) is 3.82. The largest absolute Gasteiger partial charge is 0.550 e. The molecular formula is C10H14BrO2-. The van der Waals surface area contributed by atoms with Crippen LogP contribution in [0.4, 0.5) is 0 Å². The van der Waals surface area contributed by atoms with Crippen LogP contribution >= 0.6 is 15.9 Å².